The first-order valence-corrected chi connectivity index (χ1v) is 4.43. The molecule has 0 radical (unpaired) electrons. The number of hydrogen-bond acceptors (Lipinski definition) is 3. The Balaban J connectivity index is 2.32. The lowest BCUT2D eigenvalue weighted by Gasteiger charge is -2.00. The Labute approximate surface area is 84.8 Å². The Morgan fingerprint density at radius 1 is 1.33 bits per heavy atom. The summed E-state index contributed by atoms with van der Waals surface area (Å²) in [4.78, 5) is 24.3. The van der Waals surface area contributed by atoms with E-state index in [1.165, 1.54) is 16.8 Å². The van der Waals surface area contributed by atoms with Crippen LogP contribution < -0.4 is 11.2 Å². The number of aromatic amines is 1. The van der Waals surface area contributed by atoms with Crippen molar-refractivity contribution in [2.75, 3.05) is 0 Å². The third-order valence-corrected chi connectivity index (χ3v) is 2.00. The molecule has 0 atom stereocenters. The first-order valence-electron chi connectivity index (χ1n) is 4.43. The minimum absolute atomic E-state index is 0.358. The Bertz CT molecular complexity index is 578. The number of nitrogens with zero attached hydrogens (tertiary/aromatic N) is 3. The van der Waals surface area contributed by atoms with Gasteiger partial charge in [-0.15, -0.1) is 0 Å². The summed E-state index contributed by atoms with van der Waals surface area (Å²) in [7, 11) is 1.80. The van der Waals surface area contributed by atoms with E-state index >= 15 is 0 Å². The molecule has 1 N–H and O–H groups in total. The van der Waals surface area contributed by atoms with Crippen molar-refractivity contribution in [3.63, 3.8) is 0 Å². The second kappa shape index (κ2) is 3.56. The maximum Gasteiger partial charge on any atom is 0.328 e. The summed E-state index contributed by atoms with van der Waals surface area (Å²) in [6.07, 6.45) is 3.25. The maximum absolute atomic E-state index is 11.3. The van der Waals surface area contributed by atoms with Crippen LogP contribution in [-0.4, -0.2) is 19.3 Å². The van der Waals surface area contributed by atoms with Crippen molar-refractivity contribution in [3.8, 4) is 0 Å². The highest BCUT2D eigenvalue weighted by atomic mass is 16.2. The van der Waals surface area contributed by atoms with Gasteiger partial charge < -0.3 is 0 Å². The van der Waals surface area contributed by atoms with Gasteiger partial charge in [0.25, 0.3) is 5.56 Å². The van der Waals surface area contributed by atoms with Crippen molar-refractivity contribution in [3.05, 3.63) is 51.1 Å². The van der Waals surface area contributed by atoms with Gasteiger partial charge in [-0.25, -0.2) is 4.79 Å². The highest BCUT2D eigenvalue weighted by molar-refractivity contribution is 5.00. The molecule has 0 aromatic carbocycles. The van der Waals surface area contributed by atoms with Crippen LogP contribution >= 0.6 is 0 Å². The smallest absolute Gasteiger partial charge is 0.295 e. The molecule has 0 spiro atoms. The summed E-state index contributed by atoms with van der Waals surface area (Å²) in [5.41, 5.74) is -0.0444. The molecular weight excluding hydrogens is 196 g/mol. The van der Waals surface area contributed by atoms with E-state index in [4.69, 9.17) is 0 Å². The van der Waals surface area contributed by atoms with Gasteiger partial charge >= 0.3 is 5.69 Å². The van der Waals surface area contributed by atoms with E-state index in [1.54, 1.807) is 17.9 Å². The molecule has 0 aliphatic rings. The summed E-state index contributed by atoms with van der Waals surface area (Å²) in [6, 6.07) is 3.13. The van der Waals surface area contributed by atoms with Gasteiger partial charge in [-0.2, -0.15) is 5.10 Å². The molecule has 0 unspecified atom stereocenters. The average Bonchev–Trinajstić information content (AvgIpc) is 2.56. The molecule has 2 rings (SSSR count). The average molecular weight is 206 g/mol. The first-order chi connectivity index (χ1) is 7.15. The molecule has 2 heterocycles. The molecule has 0 bridgehead atoms. The van der Waals surface area contributed by atoms with E-state index in [2.05, 4.69) is 10.1 Å². The zero-order valence-corrected chi connectivity index (χ0v) is 8.17. The minimum atomic E-state index is -0.423. The van der Waals surface area contributed by atoms with Crippen LogP contribution in [0.1, 0.15) is 5.69 Å². The van der Waals surface area contributed by atoms with E-state index in [1.807, 2.05) is 6.07 Å². The van der Waals surface area contributed by atoms with Crippen molar-refractivity contribution >= 4 is 0 Å². The molecule has 78 valence electrons. The van der Waals surface area contributed by atoms with Gasteiger partial charge in [0.05, 0.1) is 12.2 Å². The zero-order chi connectivity index (χ0) is 10.8. The Morgan fingerprint density at radius 3 is 2.73 bits per heavy atom. The topological polar surface area (TPSA) is 72.7 Å². The number of hydrogen-bond donors (Lipinski definition) is 1. The van der Waals surface area contributed by atoms with Gasteiger partial charge in [-0.3, -0.25) is 19.0 Å². The van der Waals surface area contributed by atoms with E-state index in [0.29, 0.717) is 6.54 Å². The van der Waals surface area contributed by atoms with Gasteiger partial charge in [-0.05, 0) is 6.07 Å². The molecule has 0 aliphatic heterocycles. The summed E-state index contributed by atoms with van der Waals surface area (Å²) in [5, 5.41) is 4.13. The third-order valence-electron chi connectivity index (χ3n) is 2.00. The maximum atomic E-state index is 11.3. The fraction of sp³-hybridized carbons (Fsp3) is 0.222. The summed E-state index contributed by atoms with van der Waals surface area (Å²) in [5.74, 6) is 0. The SMILES string of the molecule is Cn1ccc(Cn2ccc(=O)[nH]c2=O)n1. The van der Waals surface area contributed by atoms with E-state index in [9.17, 15) is 9.59 Å². The van der Waals surface area contributed by atoms with Crippen molar-refractivity contribution in [1.29, 1.82) is 0 Å². The van der Waals surface area contributed by atoms with Crippen LogP contribution in [0.5, 0.6) is 0 Å². The molecule has 6 nitrogen and oxygen atoms in total. The molecule has 2 aromatic heterocycles. The molecule has 0 saturated heterocycles. The Hall–Kier alpha value is -2.11. The monoisotopic (exact) mass is 206 g/mol. The highest BCUT2D eigenvalue weighted by Crippen LogP contribution is 1.95. The summed E-state index contributed by atoms with van der Waals surface area (Å²) < 4.78 is 3.05. The van der Waals surface area contributed by atoms with E-state index < -0.39 is 11.2 Å². The first kappa shape index (κ1) is 9.45. The molecule has 2 aromatic rings. The predicted octanol–water partition coefficient (Wildman–Crippen LogP) is -0.682. The van der Waals surface area contributed by atoms with Crippen LogP contribution in [0.4, 0.5) is 0 Å². The number of aromatic nitrogens is 4. The number of H-pyrrole nitrogens is 1. The molecule has 0 amide bonds. The molecule has 15 heavy (non-hydrogen) atoms. The highest BCUT2D eigenvalue weighted by Gasteiger charge is 2.00. The second-order valence-electron chi connectivity index (χ2n) is 3.22. The largest absolute Gasteiger partial charge is 0.328 e. The van der Waals surface area contributed by atoms with Gasteiger partial charge in [0.15, 0.2) is 0 Å². The Morgan fingerprint density at radius 2 is 2.13 bits per heavy atom. The number of aryl methyl sites for hydroxylation is 1. The van der Waals surface area contributed by atoms with Gasteiger partial charge in [0.2, 0.25) is 0 Å². The molecular formula is C9H10N4O2. The summed E-state index contributed by atoms with van der Waals surface area (Å²) >= 11 is 0. The molecule has 6 heteroatoms. The van der Waals surface area contributed by atoms with Crippen molar-refractivity contribution in [2.45, 2.75) is 6.54 Å². The fourth-order valence-corrected chi connectivity index (χ4v) is 1.29. The van der Waals surface area contributed by atoms with Gasteiger partial charge in [0.1, 0.15) is 0 Å². The standard InChI is InChI=1S/C9H10N4O2/c1-12-4-2-7(11-12)6-13-5-3-8(14)10-9(13)15/h2-5H,6H2,1H3,(H,10,14,15). The lowest BCUT2D eigenvalue weighted by Crippen LogP contribution is -2.28. The fourth-order valence-electron chi connectivity index (χ4n) is 1.29. The zero-order valence-electron chi connectivity index (χ0n) is 8.17. The van der Waals surface area contributed by atoms with E-state index in [0.717, 1.165) is 5.69 Å². The summed E-state index contributed by atoms with van der Waals surface area (Å²) in [6.45, 7) is 0.358. The number of nitrogens with one attached hydrogen (secondary N) is 1. The normalized spacial score (nSPS) is 10.5. The van der Waals surface area contributed by atoms with Crippen LogP contribution in [0.15, 0.2) is 34.1 Å². The van der Waals surface area contributed by atoms with Crippen LogP contribution in [0.3, 0.4) is 0 Å². The number of rotatable bonds is 2. The minimum Gasteiger partial charge on any atom is -0.295 e. The second-order valence-corrected chi connectivity index (χ2v) is 3.22. The molecule has 0 fully saturated rings. The van der Waals surface area contributed by atoms with Gasteiger partial charge in [0, 0.05) is 25.5 Å². The van der Waals surface area contributed by atoms with E-state index in [-0.39, 0.29) is 0 Å². The molecule has 0 aliphatic carbocycles. The van der Waals surface area contributed by atoms with Crippen LogP contribution in [0.2, 0.25) is 0 Å². The van der Waals surface area contributed by atoms with Crippen LogP contribution in [0.25, 0.3) is 0 Å². The van der Waals surface area contributed by atoms with Gasteiger partial charge in [-0.1, -0.05) is 0 Å². The lowest BCUT2D eigenvalue weighted by molar-refractivity contribution is 0.674. The van der Waals surface area contributed by atoms with Crippen molar-refractivity contribution in [2.24, 2.45) is 7.05 Å². The lowest BCUT2D eigenvalue weighted by atomic mass is 10.4. The predicted molar refractivity (Wildman–Crippen MR) is 53.6 cm³/mol. The van der Waals surface area contributed by atoms with Crippen molar-refractivity contribution in [1.82, 2.24) is 19.3 Å². The van der Waals surface area contributed by atoms with Crippen LogP contribution in [-0.2, 0) is 13.6 Å². The Kier molecular flexibility index (Phi) is 2.24. The van der Waals surface area contributed by atoms with Crippen molar-refractivity contribution < 1.29 is 0 Å². The third kappa shape index (κ3) is 2.04. The van der Waals surface area contributed by atoms with Crippen LogP contribution in [0, 0.1) is 0 Å². The quantitative estimate of drug-likeness (QED) is 0.707. The molecule has 0 saturated carbocycles.